The van der Waals surface area contributed by atoms with Gasteiger partial charge in [-0.3, -0.25) is 4.79 Å². The van der Waals surface area contributed by atoms with Gasteiger partial charge in [0.05, 0.1) is 5.69 Å². The van der Waals surface area contributed by atoms with E-state index in [1.807, 2.05) is 45.2 Å². The molecule has 2 aromatic heterocycles. The second kappa shape index (κ2) is 7.77. The number of ketones is 1. The molecule has 3 rings (SSSR count). The molecule has 0 aliphatic rings. The highest BCUT2D eigenvalue weighted by Crippen LogP contribution is 2.21. The van der Waals surface area contributed by atoms with Crippen LogP contribution in [0.3, 0.4) is 0 Å². The molecule has 2 N–H and O–H groups in total. The lowest BCUT2D eigenvalue weighted by molar-refractivity contribution is 0.0981. The number of aromatic nitrogens is 3. The third-order valence-corrected chi connectivity index (χ3v) is 4.00. The molecule has 134 valence electrons. The van der Waals surface area contributed by atoms with E-state index in [0.717, 1.165) is 28.5 Å². The lowest BCUT2D eigenvalue weighted by Crippen LogP contribution is -2.06. The third kappa shape index (κ3) is 4.24. The van der Waals surface area contributed by atoms with Crippen LogP contribution in [0.25, 0.3) is 0 Å². The number of rotatable bonds is 7. The average molecular weight is 351 g/mol. The summed E-state index contributed by atoms with van der Waals surface area (Å²) in [6, 6.07) is 9.30. The van der Waals surface area contributed by atoms with Crippen molar-refractivity contribution in [2.75, 3.05) is 17.7 Å². The van der Waals surface area contributed by atoms with Gasteiger partial charge in [0.2, 0.25) is 5.95 Å². The number of benzene rings is 1. The van der Waals surface area contributed by atoms with E-state index in [1.165, 1.54) is 6.26 Å². The van der Waals surface area contributed by atoms with E-state index in [0.29, 0.717) is 24.4 Å². The maximum absolute atomic E-state index is 12.6. The molecule has 0 atom stereocenters. The van der Waals surface area contributed by atoms with E-state index < -0.39 is 0 Å². The van der Waals surface area contributed by atoms with Crippen molar-refractivity contribution in [2.45, 2.75) is 26.7 Å². The molecule has 1 aromatic carbocycles. The molecule has 3 aromatic rings. The Hall–Kier alpha value is -3.22. The number of nitrogens with one attached hydrogen (secondary N) is 2. The molecular weight excluding hydrogens is 330 g/mol. The van der Waals surface area contributed by atoms with E-state index in [9.17, 15) is 4.79 Å². The third-order valence-electron chi connectivity index (χ3n) is 4.00. The van der Waals surface area contributed by atoms with Crippen LogP contribution in [-0.4, -0.2) is 28.0 Å². The Balaban J connectivity index is 1.76. The zero-order valence-electron chi connectivity index (χ0n) is 15.0. The lowest BCUT2D eigenvalue weighted by atomic mass is 10.00. The predicted molar refractivity (Wildman–Crippen MR) is 99.9 cm³/mol. The van der Waals surface area contributed by atoms with Crippen LogP contribution in [-0.2, 0) is 6.42 Å². The molecule has 26 heavy (non-hydrogen) atoms. The van der Waals surface area contributed by atoms with Crippen LogP contribution < -0.4 is 10.6 Å². The van der Waals surface area contributed by atoms with Gasteiger partial charge in [-0.1, -0.05) is 11.2 Å². The zero-order valence-corrected chi connectivity index (χ0v) is 15.0. The van der Waals surface area contributed by atoms with Crippen molar-refractivity contribution in [3.8, 4) is 0 Å². The second-order valence-corrected chi connectivity index (χ2v) is 6.04. The van der Waals surface area contributed by atoms with E-state index >= 15 is 0 Å². The first-order chi connectivity index (χ1) is 12.5. The Labute approximate surface area is 151 Å². The zero-order chi connectivity index (χ0) is 18.5. The van der Waals surface area contributed by atoms with Crippen molar-refractivity contribution in [3.63, 3.8) is 0 Å². The summed E-state index contributed by atoms with van der Waals surface area (Å²) in [5.41, 5.74) is 4.01. The number of carbonyl (C=O) groups excluding carboxylic acids is 1. The van der Waals surface area contributed by atoms with Gasteiger partial charge in [0.25, 0.3) is 0 Å². The van der Waals surface area contributed by atoms with Crippen molar-refractivity contribution >= 4 is 23.2 Å². The molecule has 2 heterocycles. The maximum Gasteiger partial charge on any atom is 0.229 e. The van der Waals surface area contributed by atoms with Crippen molar-refractivity contribution in [3.05, 3.63) is 59.1 Å². The van der Waals surface area contributed by atoms with Gasteiger partial charge in [-0.25, -0.2) is 4.98 Å². The first-order valence-electron chi connectivity index (χ1n) is 8.38. The highest BCUT2D eigenvalue weighted by atomic mass is 16.5. The molecule has 0 aliphatic carbocycles. The van der Waals surface area contributed by atoms with Crippen LogP contribution in [0.15, 0.2) is 41.1 Å². The van der Waals surface area contributed by atoms with Crippen LogP contribution in [0.5, 0.6) is 0 Å². The van der Waals surface area contributed by atoms with Crippen LogP contribution in [0.2, 0.25) is 0 Å². The number of nitrogens with zero attached hydrogens (tertiary/aromatic N) is 3. The minimum Gasteiger partial charge on any atom is -0.373 e. The summed E-state index contributed by atoms with van der Waals surface area (Å²) < 4.78 is 4.80. The number of anilines is 3. The Morgan fingerprint density at radius 3 is 2.73 bits per heavy atom. The van der Waals surface area contributed by atoms with Crippen molar-refractivity contribution < 1.29 is 9.32 Å². The molecule has 0 fully saturated rings. The average Bonchev–Trinajstić information content (AvgIpc) is 3.14. The van der Waals surface area contributed by atoms with Crippen LogP contribution in [0.1, 0.15) is 33.7 Å². The summed E-state index contributed by atoms with van der Waals surface area (Å²) >= 11 is 0. The predicted octanol–water partition coefficient (Wildman–Crippen LogP) is 3.68. The van der Waals surface area contributed by atoms with Crippen LogP contribution in [0.4, 0.5) is 17.5 Å². The molecule has 0 radical (unpaired) electrons. The minimum atomic E-state index is 0.0650. The largest absolute Gasteiger partial charge is 0.373 e. The Kier molecular flexibility index (Phi) is 5.26. The second-order valence-electron chi connectivity index (χ2n) is 6.04. The van der Waals surface area contributed by atoms with E-state index in [4.69, 9.17) is 4.52 Å². The summed E-state index contributed by atoms with van der Waals surface area (Å²) in [6.07, 6.45) is 2.44. The molecule has 0 amide bonds. The number of carbonyl (C=O) groups is 1. The Bertz CT molecular complexity index is 906. The molecule has 7 heteroatoms. The maximum atomic E-state index is 12.6. The SMILES string of the molecule is CNc1cc(C)nc(Nc2ccc(C)c(C(=O)CCc3ccon3)c2)n1. The summed E-state index contributed by atoms with van der Waals surface area (Å²) in [5, 5.41) is 10.0. The van der Waals surface area contributed by atoms with Gasteiger partial charge in [-0.2, -0.15) is 4.98 Å². The highest BCUT2D eigenvalue weighted by Gasteiger charge is 2.12. The number of aryl methyl sites for hydroxylation is 3. The summed E-state index contributed by atoms with van der Waals surface area (Å²) in [6.45, 7) is 3.83. The van der Waals surface area contributed by atoms with E-state index in [1.54, 1.807) is 6.07 Å². The van der Waals surface area contributed by atoms with Gasteiger partial charge < -0.3 is 15.2 Å². The van der Waals surface area contributed by atoms with Gasteiger partial charge in [0.15, 0.2) is 5.78 Å². The molecule has 0 saturated carbocycles. The number of hydrogen-bond acceptors (Lipinski definition) is 7. The summed E-state index contributed by atoms with van der Waals surface area (Å²) in [5.74, 6) is 1.28. The molecule has 0 bridgehead atoms. The van der Waals surface area contributed by atoms with Crippen LogP contribution >= 0.6 is 0 Å². The molecule has 7 nitrogen and oxygen atoms in total. The molecule has 0 saturated heterocycles. The number of hydrogen-bond donors (Lipinski definition) is 2. The fourth-order valence-electron chi connectivity index (χ4n) is 2.62. The lowest BCUT2D eigenvalue weighted by Gasteiger charge is -2.11. The molecule has 0 unspecified atom stereocenters. The standard InChI is InChI=1S/C19H21N5O2/c1-12-4-5-15(22-19-21-13(2)10-18(20-3)23-19)11-16(12)17(25)7-6-14-8-9-26-24-14/h4-5,8-11H,6-7H2,1-3H3,(H2,20,21,22,23). The van der Waals surface area contributed by atoms with Crippen molar-refractivity contribution in [1.82, 2.24) is 15.1 Å². The van der Waals surface area contributed by atoms with Crippen molar-refractivity contribution in [1.29, 1.82) is 0 Å². The molecular formula is C19H21N5O2. The summed E-state index contributed by atoms with van der Waals surface area (Å²) in [7, 11) is 1.81. The summed E-state index contributed by atoms with van der Waals surface area (Å²) in [4.78, 5) is 21.3. The molecule has 0 spiro atoms. The van der Waals surface area contributed by atoms with Gasteiger partial charge in [0, 0.05) is 49.0 Å². The number of Topliss-reactive ketones (excluding diaryl/α,β-unsaturated/α-hetero) is 1. The quantitative estimate of drug-likeness (QED) is 0.627. The van der Waals surface area contributed by atoms with Crippen molar-refractivity contribution in [2.24, 2.45) is 0 Å². The topological polar surface area (TPSA) is 92.9 Å². The van der Waals surface area contributed by atoms with Gasteiger partial charge in [-0.05, 0) is 31.5 Å². The van der Waals surface area contributed by atoms with E-state index in [-0.39, 0.29) is 5.78 Å². The Morgan fingerprint density at radius 1 is 1.15 bits per heavy atom. The van der Waals surface area contributed by atoms with Gasteiger partial charge in [0.1, 0.15) is 12.1 Å². The fraction of sp³-hybridized carbons (Fsp3) is 0.263. The van der Waals surface area contributed by atoms with Crippen LogP contribution in [0, 0.1) is 13.8 Å². The van der Waals surface area contributed by atoms with Gasteiger partial charge in [-0.15, -0.1) is 0 Å². The highest BCUT2D eigenvalue weighted by molar-refractivity contribution is 5.98. The fourth-order valence-corrected chi connectivity index (χ4v) is 2.62. The molecule has 0 aliphatic heterocycles. The monoisotopic (exact) mass is 351 g/mol. The van der Waals surface area contributed by atoms with Gasteiger partial charge >= 0.3 is 0 Å². The van der Waals surface area contributed by atoms with E-state index in [2.05, 4.69) is 25.8 Å². The first-order valence-corrected chi connectivity index (χ1v) is 8.38. The smallest absolute Gasteiger partial charge is 0.229 e. The normalized spacial score (nSPS) is 10.6. The first kappa shape index (κ1) is 17.6. The Morgan fingerprint density at radius 2 is 2.00 bits per heavy atom. The minimum absolute atomic E-state index is 0.0650.